The fourth-order valence-electron chi connectivity index (χ4n) is 0.725. The summed E-state index contributed by atoms with van der Waals surface area (Å²) in [6.07, 6.45) is 0. The molecule has 0 amide bonds. The van der Waals surface area contributed by atoms with E-state index in [0.717, 1.165) is 5.56 Å². The molecule has 0 aliphatic rings. The van der Waals surface area contributed by atoms with Crippen LogP contribution in [-0.4, -0.2) is 28.3 Å². The molecule has 0 aliphatic heterocycles. The van der Waals surface area contributed by atoms with E-state index in [0.29, 0.717) is 5.32 Å². The van der Waals surface area contributed by atoms with E-state index in [1.807, 2.05) is 30.3 Å². The van der Waals surface area contributed by atoms with Crippen LogP contribution >= 0.6 is 0 Å². The monoisotopic (exact) mass is 290 g/mol. The molecule has 0 atom stereocenters. The van der Waals surface area contributed by atoms with Crippen molar-refractivity contribution in [2.75, 3.05) is 0 Å². The van der Waals surface area contributed by atoms with Gasteiger partial charge in [0.1, 0.15) is 0 Å². The van der Waals surface area contributed by atoms with E-state index in [-0.39, 0.29) is 29.6 Å². The zero-order chi connectivity index (χ0) is 9.73. The van der Waals surface area contributed by atoms with Crippen molar-refractivity contribution in [3.8, 4) is 0 Å². The van der Waals surface area contributed by atoms with Crippen LogP contribution in [-0.2, 0) is 19.0 Å². The quantitative estimate of drug-likeness (QED) is 0.343. The van der Waals surface area contributed by atoms with Crippen LogP contribution in [0.5, 0.6) is 0 Å². The summed E-state index contributed by atoms with van der Waals surface area (Å²) in [5.41, 5.74) is 0.964. The summed E-state index contributed by atoms with van der Waals surface area (Å²) >= 11 is -0.637. The zero-order valence-electron chi connectivity index (χ0n) is 7.54. The van der Waals surface area contributed by atoms with Gasteiger partial charge >= 0.3 is 113 Å². The molecule has 14 heavy (non-hydrogen) atoms. The Morgan fingerprint density at radius 3 is 2.36 bits per heavy atom. The average Bonchev–Trinajstić information content (AvgIpc) is 2.04. The Morgan fingerprint density at radius 1 is 1.29 bits per heavy atom. The van der Waals surface area contributed by atoms with Crippen molar-refractivity contribution < 1.29 is 45.8 Å². The van der Waals surface area contributed by atoms with Crippen molar-refractivity contribution in [3.63, 3.8) is 0 Å². The van der Waals surface area contributed by atoms with Crippen molar-refractivity contribution in [3.05, 3.63) is 35.9 Å². The molecule has 1 aromatic rings. The van der Waals surface area contributed by atoms with Gasteiger partial charge in [-0.1, -0.05) is 0 Å². The molecule has 7 heteroatoms. The van der Waals surface area contributed by atoms with E-state index in [4.69, 9.17) is 0 Å². The van der Waals surface area contributed by atoms with Gasteiger partial charge in [0.25, 0.3) is 0 Å². The summed E-state index contributed by atoms with van der Waals surface area (Å²) in [4.78, 5) is 0. The first-order valence-corrected chi connectivity index (χ1v) is 6.63. The number of hydrogen-bond acceptors (Lipinski definition) is 4. The molecule has 0 heterocycles. The number of hydrogen-bond donors (Lipinski definition) is 0. The summed E-state index contributed by atoms with van der Waals surface area (Å²) in [5, 5.41) is 0.481. The van der Waals surface area contributed by atoms with Crippen LogP contribution in [0.2, 0.25) is 0 Å². The second-order valence-electron chi connectivity index (χ2n) is 2.22. The molecule has 0 spiro atoms. The maximum absolute atomic E-state index is 10.1. The molecule has 72 valence electrons. The van der Waals surface area contributed by atoms with Gasteiger partial charge in [0.15, 0.2) is 0 Å². The van der Waals surface area contributed by atoms with Gasteiger partial charge in [0.05, 0.1) is 0 Å². The molecule has 0 fully saturated rings. The Labute approximate surface area is 112 Å². The average molecular weight is 289 g/mol. The van der Waals surface area contributed by atoms with Crippen molar-refractivity contribution in [1.29, 1.82) is 0 Å². The van der Waals surface area contributed by atoms with E-state index in [1.54, 1.807) is 0 Å². The second kappa shape index (κ2) is 6.98. The van der Waals surface area contributed by atoms with Gasteiger partial charge in [-0.25, -0.2) is 0 Å². The molecular weight excluding hydrogens is 282 g/mol. The third kappa shape index (κ3) is 6.98. The number of rotatable bonds is 4. The van der Waals surface area contributed by atoms with E-state index in [1.165, 1.54) is 0 Å². The van der Waals surface area contributed by atoms with Gasteiger partial charge in [0.2, 0.25) is 0 Å². The molecule has 1 aromatic carbocycles. The van der Waals surface area contributed by atoms with Crippen LogP contribution in [0.15, 0.2) is 30.3 Å². The van der Waals surface area contributed by atoms with Gasteiger partial charge < -0.3 is 0 Å². The van der Waals surface area contributed by atoms with Crippen LogP contribution in [0.4, 0.5) is 0 Å². The molecule has 1 rings (SSSR count). The molecule has 0 unspecified atom stereocenters. The van der Waals surface area contributed by atoms with Crippen molar-refractivity contribution >= 4 is 25.7 Å². The molecule has 0 radical (unpaired) electrons. The van der Waals surface area contributed by atoms with Crippen LogP contribution in [0.25, 0.3) is 0 Å². The normalized spacial score (nSPS) is 10.6. The van der Waals surface area contributed by atoms with Gasteiger partial charge in [-0.3, -0.25) is 0 Å². The molecule has 0 aliphatic carbocycles. The van der Waals surface area contributed by atoms with Crippen molar-refractivity contribution in [2.45, 2.75) is 5.32 Å². The molecule has 0 saturated heterocycles. The van der Waals surface area contributed by atoms with Gasteiger partial charge in [0, 0.05) is 0 Å². The summed E-state index contributed by atoms with van der Waals surface area (Å²) in [6, 6.07) is 9.25. The largest absolute Gasteiger partial charge is 1.00 e. The fourth-order valence-corrected chi connectivity index (χ4v) is 2.63. The van der Waals surface area contributed by atoms with Crippen LogP contribution in [0.3, 0.4) is 0 Å². The first-order chi connectivity index (χ1) is 6.08. The Kier molecular flexibility index (Phi) is 7.28. The summed E-state index contributed by atoms with van der Waals surface area (Å²) in [6.45, 7) is 0. The van der Waals surface area contributed by atoms with Crippen molar-refractivity contribution in [1.82, 2.24) is 0 Å². The topological polar surface area (TPSA) is 66.4 Å². The summed E-state index contributed by atoms with van der Waals surface area (Å²) in [5.74, 6) is 0. The first kappa shape index (κ1) is 14.6. The maximum Gasteiger partial charge on any atom is 1.00 e. The van der Waals surface area contributed by atoms with E-state index >= 15 is 0 Å². The van der Waals surface area contributed by atoms with Gasteiger partial charge in [-0.15, -0.1) is 0 Å². The Hall–Kier alpha value is 0.609. The minimum absolute atomic E-state index is 0. The third-order valence-electron chi connectivity index (χ3n) is 1.20. The van der Waals surface area contributed by atoms with Crippen LogP contribution in [0, 0.1) is 0 Å². The smallest absolute Gasteiger partial charge is 1.00 e. The summed E-state index contributed by atoms with van der Waals surface area (Å²) in [7, 11) is -4.52. The van der Waals surface area contributed by atoms with E-state index < -0.39 is 25.7 Å². The molecule has 0 saturated carbocycles. The predicted octanol–water partition coefficient (Wildman–Crippen LogP) is -2.71. The molecule has 0 bridgehead atoms. The minimum Gasteiger partial charge on any atom is 1.00 e. The Bertz CT molecular complexity index is 353. The standard InChI is InChI=1S/C7H8O4SSe.Na/c8-12(9,10)11-13-6-7-4-2-1-3-5-7;/h1-5H,6H2,(H,8,9,10);/q;+1/p-1. The molecule has 4 nitrogen and oxygen atoms in total. The minimum atomic E-state index is -4.52. The Morgan fingerprint density at radius 2 is 1.86 bits per heavy atom. The molecule has 0 N–H and O–H groups in total. The van der Waals surface area contributed by atoms with E-state index in [9.17, 15) is 13.0 Å². The zero-order valence-corrected chi connectivity index (χ0v) is 12.1. The third-order valence-corrected chi connectivity index (χ3v) is 4.06. The van der Waals surface area contributed by atoms with Crippen LogP contribution in [0.1, 0.15) is 5.56 Å². The predicted molar refractivity (Wildman–Crippen MR) is 46.7 cm³/mol. The molecular formula is C7H7NaO4SSe. The summed E-state index contributed by atoms with van der Waals surface area (Å²) < 4.78 is 34.3. The first-order valence-electron chi connectivity index (χ1n) is 3.39. The van der Waals surface area contributed by atoms with Crippen molar-refractivity contribution in [2.24, 2.45) is 0 Å². The SMILES string of the molecule is O=S(=O)([O-])O[Se]Cc1ccccc1.[Na+]. The van der Waals surface area contributed by atoms with Crippen LogP contribution < -0.4 is 29.6 Å². The van der Waals surface area contributed by atoms with Gasteiger partial charge in [-0.05, 0) is 0 Å². The van der Waals surface area contributed by atoms with E-state index in [2.05, 4.69) is 3.27 Å². The number of benzene rings is 1. The van der Waals surface area contributed by atoms with Gasteiger partial charge in [-0.2, -0.15) is 0 Å². The maximum atomic E-state index is 10.1. The second-order valence-corrected chi connectivity index (χ2v) is 5.13. The fraction of sp³-hybridized carbons (Fsp3) is 0.143. The molecule has 0 aromatic heterocycles. The Balaban J connectivity index is 0.00000169.